The lowest BCUT2D eigenvalue weighted by molar-refractivity contribution is 0.590. The van der Waals surface area contributed by atoms with Crippen molar-refractivity contribution in [3.8, 4) is 0 Å². The molecule has 1 heterocycles. The largest absolute Gasteiger partial charge is 0.370 e. The topological polar surface area (TPSA) is 28.2 Å². The lowest BCUT2D eigenvalue weighted by Crippen LogP contribution is -2.34. The van der Waals surface area contributed by atoms with E-state index in [0.717, 1.165) is 37.6 Å². The van der Waals surface area contributed by atoms with Gasteiger partial charge in [-0.2, -0.15) is 0 Å². The Labute approximate surface area is 118 Å². The van der Waals surface area contributed by atoms with Gasteiger partial charge in [0.2, 0.25) is 0 Å². The van der Waals surface area contributed by atoms with Gasteiger partial charge in [0.05, 0.1) is 0 Å². The number of unbranched alkanes of at least 4 members (excludes halogenated alkanes) is 1. The van der Waals surface area contributed by atoms with Crippen LogP contribution in [0.1, 0.15) is 53.4 Å². The Hall–Kier alpha value is -1.25. The smallest absolute Gasteiger partial charge is 0.131 e. The molecule has 3 heteroatoms. The summed E-state index contributed by atoms with van der Waals surface area (Å²) in [4.78, 5) is 7.18. The van der Waals surface area contributed by atoms with E-state index in [9.17, 15) is 0 Å². The summed E-state index contributed by atoms with van der Waals surface area (Å²) in [6.07, 6.45) is 4.72. The molecule has 3 nitrogen and oxygen atoms in total. The Balaban J connectivity index is 2.81. The molecule has 0 saturated carbocycles. The summed E-state index contributed by atoms with van der Waals surface area (Å²) < 4.78 is 0. The molecule has 0 aliphatic carbocycles. The maximum absolute atomic E-state index is 4.75. The van der Waals surface area contributed by atoms with Crippen LogP contribution in [0.15, 0.2) is 18.2 Å². The molecule has 0 aliphatic rings. The van der Waals surface area contributed by atoms with E-state index in [2.05, 4.69) is 50.0 Å². The molecule has 1 unspecified atom stereocenters. The molecule has 1 N–H and O–H groups in total. The zero-order chi connectivity index (χ0) is 14.1. The van der Waals surface area contributed by atoms with Crippen LogP contribution in [0, 0.1) is 0 Å². The lowest BCUT2D eigenvalue weighted by atomic mass is 10.2. The Kier molecular flexibility index (Phi) is 7.31. The second kappa shape index (κ2) is 8.78. The van der Waals surface area contributed by atoms with Crippen LogP contribution in [-0.4, -0.2) is 24.1 Å². The molecule has 0 radical (unpaired) electrons. The SMILES string of the molecule is CCCCN(c1cccc(NCCC)n1)C(C)CC. The molecule has 1 rings (SSSR count). The third-order valence-electron chi connectivity index (χ3n) is 3.46. The maximum atomic E-state index is 4.75. The summed E-state index contributed by atoms with van der Waals surface area (Å²) in [5.41, 5.74) is 0. The van der Waals surface area contributed by atoms with Crippen molar-refractivity contribution in [2.45, 2.75) is 59.4 Å². The van der Waals surface area contributed by atoms with Crippen LogP contribution < -0.4 is 10.2 Å². The molecule has 0 spiro atoms. The Morgan fingerprint density at radius 2 is 2.00 bits per heavy atom. The molecule has 0 bridgehead atoms. The number of nitrogens with zero attached hydrogens (tertiary/aromatic N) is 2. The third-order valence-corrected chi connectivity index (χ3v) is 3.46. The predicted octanol–water partition coefficient (Wildman–Crippen LogP) is 4.31. The van der Waals surface area contributed by atoms with Crippen LogP contribution in [0.4, 0.5) is 11.6 Å². The second-order valence-corrected chi connectivity index (χ2v) is 5.11. The number of pyridine rings is 1. The van der Waals surface area contributed by atoms with Gasteiger partial charge in [0, 0.05) is 19.1 Å². The van der Waals surface area contributed by atoms with E-state index >= 15 is 0 Å². The predicted molar refractivity (Wildman–Crippen MR) is 85.0 cm³/mol. The highest BCUT2D eigenvalue weighted by atomic mass is 15.2. The molecule has 0 aliphatic heterocycles. The molecule has 108 valence electrons. The summed E-state index contributed by atoms with van der Waals surface area (Å²) in [7, 11) is 0. The van der Waals surface area contributed by atoms with Crippen molar-refractivity contribution in [1.29, 1.82) is 0 Å². The summed E-state index contributed by atoms with van der Waals surface area (Å²) in [5.74, 6) is 2.09. The van der Waals surface area contributed by atoms with Crippen molar-refractivity contribution in [2.75, 3.05) is 23.3 Å². The fourth-order valence-electron chi connectivity index (χ4n) is 2.04. The van der Waals surface area contributed by atoms with Crippen LogP contribution >= 0.6 is 0 Å². The van der Waals surface area contributed by atoms with Crippen molar-refractivity contribution < 1.29 is 0 Å². The van der Waals surface area contributed by atoms with Gasteiger partial charge < -0.3 is 10.2 Å². The molecule has 19 heavy (non-hydrogen) atoms. The number of rotatable bonds is 9. The molecular weight excluding hydrogens is 234 g/mol. The zero-order valence-corrected chi connectivity index (χ0v) is 12.9. The summed E-state index contributed by atoms with van der Waals surface area (Å²) in [6, 6.07) is 6.81. The number of hydrogen-bond acceptors (Lipinski definition) is 3. The van der Waals surface area contributed by atoms with E-state index in [4.69, 9.17) is 4.98 Å². The highest BCUT2D eigenvalue weighted by molar-refractivity contribution is 5.47. The van der Waals surface area contributed by atoms with Gasteiger partial charge in [-0.1, -0.05) is 33.3 Å². The van der Waals surface area contributed by atoms with Crippen molar-refractivity contribution in [3.63, 3.8) is 0 Å². The van der Waals surface area contributed by atoms with Crippen LogP contribution in [0.5, 0.6) is 0 Å². The minimum absolute atomic E-state index is 0.542. The summed E-state index contributed by atoms with van der Waals surface area (Å²) in [6.45, 7) is 11.0. The molecule has 1 aromatic rings. The first-order valence-corrected chi connectivity index (χ1v) is 7.70. The Morgan fingerprint density at radius 3 is 2.63 bits per heavy atom. The first-order chi connectivity index (χ1) is 9.22. The van der Waals surface area contributed by atoms with Crippen molar-refractivity contribution >= 4 is 11.6 Å². The van der Waals surface area contributed by atoms with Crippen LogP contribution in [-0.2, 0) is 0 Å². The molecular formula is C16H29N3. The van der Waals surface area contributed by atoms with Crippen molar-refractivity contribution in [1.82, 2.24) is 4.98 Å². The molecule has 0 aromatic carbocycles. The normalized spacial score (nSPS) is 12.2. The van der Waals surface area contributed by atoms with Gasteiger partial charge in [0.1, 0.15) is 11.6 Å². The molecule has 0 amide bonds. The number of anilines is 2. The standard InChI is InChI=1S/C16H29N3/c1-5-8-13-19(14(4)7-3)16-11-9-10-15(18-16)17-12-6-2/h9-11,14H,5-8,12-13H2,1-4H3,(H,17,18). The average Bonchev–Trinajstić information content (AvgIpc) is 2.45. The van der Waals surface area contributed by atoms with E-state index in [1.54, 1.807) is 0 Å². The minimum Gasteiger partial charge on any atom is -0.370 e. The van der Waals surface area contributed by atoms with Gasteiger partial charge >= 0.3 is 0 Å². The molecule has 1 atom stereocenters. The maximum Gasteiger partial charge on any atom is 0.131 e. The van der Waals surface area contributed by atoms with Crippen LogP contribution in [0.25, 0.3) is 0 Å². The fourth-order valence-corrected chi connectivity index (χ4v) is 2.04. The van der Waals surface area contributed by atoms with Gasteiger partial charge in [-0.25, -0.2) is 4.98 Å². The highest BCUT2D eigenvalue weighted by Gasteiger charge is 2.13. The average molecular weight is 263 g/mol. The second-order valence-electron chi connectivity index (χ2n) is 5.11. The quantitative estimate of drug-likeness (QED) is 0.719. The van der Waals surface area contributed by atoms with Gasteiger partial charge in [0.25, 0.3) is 0 Å². The van der Waals surface area contributed by atoms with E-state index in [1.165, 1.54) is 12.8 Å². The third kappa shape index (κ3) is 5.09. The van der Waals surface area contributed by atoms with Gasteiger partial charge in [0.15, 0.2) is 0 Å². The zero-order valence-electron chi connectivity index (χ0n) is 12.9. The van der Waals surface area contributed by atoms with Gasteiger partial charge in [-0.15, -0.1) is 0 Å². The molecule has 0 saturated heterocycles. The van der Waals surface area contributed by atoms with Crippen LogP contribution in [0.3, 0.4) is 0 Å². The number of hydrogen-bond donors (Lipinski definition) is 1. The molecule has 0 fully saturated rings. The van der Waals surface area contributed by atoms with Crippen molar-refractivity contribution in [2.24, 2.45) is 0 Å². The van der Waals surface area contributed by atoms with E-state index in [0.29, 0.717) is 6.04 Å². The Morgan fingerprint density at radius 1 is 1.21 bits per heavy atom. The summed E-state index contributed by atoms with van der Waals surface area (Å²) in [5, 5.41) is 3.36. The highest BCUT2D eigenvalue weighted by Crippen LogP contribution is 2.19. The van der Waals surface area contributed by atoms with Gasteiger partial charge in [-0.05, 0) is 38.3 Å². The van der Waals surface area contributed by atoms with Crippen molar-refractivity contribution in [3.05, 3.63) is 18.2 Å². The Bertz CT molecular complexity index is 352. The van der Waals surface area contributed by atoms with Crippen LogP contribution in [0.2, 0.25) is 0 Å². The molecule has 1 aromatic heterocycles. The van der Waals surface area contributed by atoms with E-state index < -0.39 is 0 Å². The first-order valence-electron chi connectivity index (χ1n) is 7.70. The number of aromatic nitrogens is 1. The van der Waals surface area contributed by atoms with E-state index in [1.807, 2.05) is 6.07 Å². The first kappa shape index (κ1) is 15.8. The van der Waals surface area contributed by atoms with E-state index in [-0.39, 0.29) is 0 Å². The summed E-state index contributed by atoms with van der Waals surface area (Å²) >= 11 is 0. The fraction of sp³-hybridized carbons (Fsp3) is 0.688. The number of nitrogens with one attached hydrogen (secondary N) is 1. The van der Waals surface area contributed by atoms with Gasteiger partial charge in [-0.3, -0.25) is 0 Å². The lowest BCUT2D eigenvalue weighted by Gasteiger charge is -2.30. The minimum atomic E-state index is 0.542. The monoisotopic (exact) mass is 263 g/mol.